The molecule has 0 bridgehead atoms. The molecule has 7 nitrogen and oxygen atoms in total. The zero-order valence-electron chi connectivity index (χ0n) is 11.3. The zero-order valence-corrected chi connectivity index (χ0v) is 11.3. The number of H-pyrrole nitrogens is 1. The van der Waals surface area contributed by atoms with Gasteiger partial charge in [-0.3, -0.25) is 9.78 Å². The van der Waals surface area contributed by atoms with Gasteiger partial charge in [-0.2, -0.15) is 0 Å². The predicted octanol–water partition coefficient (Wildman–Crippen LogP) is 0.195. The minimum atomic E-state index is -0.110. The fraction of sp³-hybridized carbons (Fsp3) is 0.385. The van der Waals surface area contributed by atoms with Gasteiger partial charge >= 0.3 is 0 Å². The monoisotopic (exact) mass is 272 g/mol. The highest BCUT2D eigenvalue weighted by atomic mass is 16.1. The van der Waals surface area contributed by atoms with Gasteiger partial charge in [0.15, 0.2) is 0 Å². The van der Waals surface area contributed by atoms with Crippen LogP contribution in [0.5, 0.6) is 0 Å². The van der Waals surface area contributed by atoms with E-state index in [0.717, 1.165) is 37.8 Å². The van der Waals surface area contributed by atoms with E-state index in [1.807, 2.05) is 6.92 Å². The Hall–Kier alpha value is -2.44. The van der Waals surface area contributed by atoms with Crippen molar-refractivity contribution in [2.75, 3.05) is 36.0 Å². The van der Waals surface area contributed by atoms with Gasteiger partial charge in [0.2, 0.25) is 11.9 Å². The molecule has 0 spiro atoms. The first kappa shape index (κ1) is 12.6. The van der Waals surface area contributed by atoms with Crippen LogP contribution < -0.4 is 15.4 Å². The molecule has 2 aromatic rings. The molecule has 0 amide bonds. The van der Waals surface area contributed by atoms with Gasteiger partial charge in [0.05, 0.1) is 0 Å². The van der Waals surface area contributed by atoms with Crippen molar-refractivity contribution in [1.82, 2.24) is 19.9 Å². The topological polar surface area (TPSA) is 78.0 Å². The molecule has 1 N–H and O–H groups in total. The van der Waals surface area contributed by atoms with Gasteiger partial charge in [0.1, 0.15) is 0 Å². The third-order valence-corrected chi connectivity index (χ3v) is 3.27. The van der Waals surface area contributed by atoms with E-state index in [0.29, 0.717) is 5.95 Å². The third kappa shape index (κ3) is 2.61. The second kappa shape index (κ2) is 5.28. The lowest BCUT2D eigenvalue weighted by atomic mass is 10.3. The predicted molar refractivity (Wildman–Crippen MR) is 76.1 cm³/mol. The molecule has 3 rings (SSSR count). The molecule has 1 fully saturated rings. The van der Waals surface area contributed by atoms with Crippen LogP contribution >= 0.6 is 0 Å². The van der Waals surface area contributed by atoms with Crippen LogP contribution in [0.2, 0.25) is 0 Å². The van der Waals surface area contributed by atoms with Crippen LogP contribution in [0.1, 0.15) is 5.69 Å². The summed E-state index contributed by atoms with van der Waals surface area (Å²) >= 11 is 0. The number of aromatic amines is 1. The molecular formula is C13H16N6O. The number of nitrogens with one attached hydrogen (secondary N) is 1. The van der Waals surface area contributed by atoms with E-state index in [1.54, 1.807) is 18.5 Å². The lowest BCUT2D eigenvalue weighted by molar-refractivity contribution is 0.626. The summed E-state index contributed by atoms with van der Waals surface area (Å²) in [5.41, 5.74) is 0.624. The Labute approximate surface area is 116 Å². The number of hydrogen-bond acceptors (Lipinski definition) is 6. The molecule has 20 heavy (non-hydrogen) atoms. The van der Waals surface area contributed by atoms with Gasteiger partial charge in [0, 0.05) is 50.3 Å². The van der Waals surface area contributed by atoms with Crippen LogP contribution in [0.15, 0.2) is 29.3 Å². The summed E-state index contributed by atoms with van der Waals surface area (Å²) in [6, 6.07) is 3.30. The maximum Gasteiger partial charge on any atom is 0.252 e. The number of hydrogen-bond donors (Lipinski definition) is 1. The minimum absolute atomic E-state index is 0.110. The van der Waals surface area contributed by atoms with Crippen LogP contribution in [0.4, 0.5) is 11.9 Å². The van der Waals surface area contributed by atoms with Crippen molar-refractivity contribution in [1.29, 1.82) is 0 Å². The van der Waals surface area contributed by atoms with Crippen molar-refractivity contribution in [3.05, 3.63) is 40.6 Å². The molecule has 104 valence electrons. The van der Waals surface area contributed by atoms with Crippen molar-refractivity contribution >= 4 is 11.9 Å². The molecule has 0 radical (unpaired) electrons. The first-order valence-electron chi connectivity index (χ1n) is 6.57. The summed E-state index contributed by atoms with van der Waals surface area (Å²) in [4.78, 5) is 31.4. The lowest BCUT2D eigenvalue weighted by Crippen LogP contribution is -2.48. The number of piperazine rings is 1. The Morgan fingerprint density at radius 3 is 2.40 bits per heavy atom. The Bertz CT molecular complexity index is 633. The Kier molecular flexibility index (Phi) is 3.32. The summed E-state index contributed by atoms with van der Waals surface area (Å²) in [5.74, 6) is 1.39. The molecule has 0 aromatic carbocycles. The molecule has 1 aliphatic rings. The molecule has 1 saturated heterocycles. The van der Waals surface area contributed by atoms with Gasteiger partial charge in [-0.1, -0.05) is 0 Å². The maximum absolute atomic E-state index is 11.5. The normalized spacial score (nSPS) is 15.4. The number of aryl methyl sites for hydroxylation is 1. The van der Waals surface area contributed by atoms with Gasteiger partial charge in [-0.05, 0) is 13.0 Å². The Morgan fingerprint density at radius 2 is 1.75 bits per heavy atom. The summed E-state index contributed by atoms with van der Waals surface area (Å²) in [6.07, 6.45) is 3.49. The SMILES string of the molecule is Cc1cc(=O)[nH]c(N2CCN(c3ncccn3)CC2)n1. The van der Waals surface area contributed by atoms with E-state index >= 15 is 0 Å². The highest BCUT2D eigenvalue weighted by molar-refractivity contribution is 5.37. The third-order valence-electron chi connectivity index (χ3n) is 3.27. The lowest BCUT2D eigenvalue weighted by Gasteiger charge is -2.34. The summed E-state index contributed by atoms with van der Waals surface area (Å²) < 4.78 is 0. The first-order valence-corrected chi connectivity index (χ1v) is 6.57. The largest absolute Gasteiger partial charge is 0.339 e. The summed E-state index contributed by atoms with van der Waals surface area (Å²) in [7, 11) is 0. The Morgan fingerprint density at radius 1 is 1.10 bits per heavy atom. The number of aromatic nitrogens is 4. The van der Waals surface area contributed by atoms with E-state index in [1.165, 1.54) is 6.07 Å². The fourth-order valence-electron chi connectivity index (χ4n) is 2.29. The minimum Gasteiger partial charge on any atom is -0.339 e. The van der Waals surface area contributed by atoms with E-state index in [2.05, 4.69) is 29.7 Å². The highest BCUT2D eigenvalue weighted by Crippen LogP contribution is 2.13. The number of anilines is 2. The smallest absolute Gasteiger partial charge is 0.252 e. The second-order valence-corrected chi connectivity index (χ2v) is 4.73. The number of rotatable bonds is 2. The van der Waals surface area contributed by atoms with E-state index in [9.17, 15) is 4.79 Å². The number of nitrogens with zero attached hydrogens (tertiary/aromatic N) is 5. The van der Waals surface area contributed by atoms with Crippen LogP contribution in [0.25, 0.3) is 0 Å². The quantitative estimate of drug-likeness (QED) is 0.841. The van der Waals surface area contributed by atoms with Crippen molar-refractivity contribution in [3.63, 3.8) is 0 Å². The molecule has 1 aliphatic heterocycles. The molecular weight excluding hydrogens is 256 g/mol. The van der Waals surface area contributed by atoms with Crippen LogP contribution in [0, 0.1) is 6.92 Å². The van der Waals surface area contributed by atoms with E-state index < -0.39 is 0 Å². The standard InChI is InChI=1S/C13H16N6O/c1-10-9-11(20)17-13(16-10)19-7-5-18(6-8-19)12-14-3-2-4-15-12/h2-4,9H,5-8H2,1H3,(H,16,17,20). The van der Waals surface area contributed by atoms with Crippen molar-refractivity contribution in [2.24, 2.45) is 0 Å². The van der Waals surface area contributed by atoms with Crippen LogP contribution in [-0.2, 0) is 0 Å². The van der Waals surface area contributed by atoms with Gasteiger partial charge in [-0.15, -0.1) is 0 Å². The zero-order chi connectivity index (χ0) is 13.9. The highest BCUT2D eigenvalue weighted by Gasteiger charge is 2.20. The molecule has 0 atom stereocenters. The van der Waals surface area contributed by atoms with Crippen LogP contribution in [0.3, 0.4) is 0 Å². The fourth-order valence-corrected chi connectivity index (χ4v) is 2.29. The first-order chi connectivity index (χ1) is 9.72. The molecule has 0 saturated carbocycles. The van der Waals surface area contributed by atoms with Gasteiger partial charge in [0.25, 0.3) is 5.56 Å². The van der Waals surface area contributed by atoms with E-state index in [-0.39, 0.29) is 5.56 Å². The molecule has 3 heterocycles. The van der Waals surface area contributed by atoms with Crippen molar-refractivity contribution in [2.45, 2.75) is 6.92 Å². The summed E-state index contributed by atoms with van der Waals surface area (Å²) in [6.45, 7) is 5.01. The second-order valence-electron chi connectivity index (χ2n) is 4.73. The van der Waals surface area contributed by atoms with E-state index in [4.69, 9.17) is 0 Å². The average Bonchev–Trinajstić information content (AvgIpc) is 2.47. The molecule has 0 aliphatic carbocycles. The maximum atomic E-state index is 11.5. The van der Waals surface area contributed by atoms with Crippen LogP contribution in [-0.4, -0.2) is 46.1 Å². The Balaban J connectivity index is 1.71. The molecule has 7 heteroatoms. The van der Waals surface area contributed by atoms with Crippen molar-refractivity contribution in [3.8, 4) is 0 Å². The van der Waals surface area contributed by atoms with Gasteiger partial charge in [-0.25, -0.2) is 15.0 Å². The molecule has 2 aromatic heterocycles. The molecule has 0 unspecified atom stereocenters. The summed E-state index contributed by atoms with van der Waals surface area (Å²) in [5, 5.41) is 0. The van der Waals surface area contributed by atoms with Crippen molar-refractivity contribution < 1.29 is 0 Å². The van der Waals surface area contributed by atoms with Gasteiger partial charge < -0.3 is 9.80 Å². The average molecular weight is 272 g/mol.